The first-order valence-electron chi connectivity index (χ1n) is 8.65. The molecule has 2 aliphatic rings. The number of nitrogens with zero attached hydrogens (tertiary/aromatic N) is 1. The van der Waals surface area contributed by atoms with Gasteiger partial charge in [-0.25, -0.2) is 0 Å². The summed E-state index contributed by atoms with van der Waals surface area (Å²) in [6.45, 7) is -0.350. The van der Waals surface area contributed by atoms with Crippen molar-refractivity contribution < 1.29 is 14.3 Å². The molecule has 2 saturated carbocycles. The Balaban J connectivity index is 1.56. The number of esters is 1. The molecule has 1 amide bonds. The normalized spacial score (nSPS) is 20.2. The Labute approximate surface area is 152 Å². The van der Waals surface area contributed by atoms with Gasteiger partial charge in [0.25, 0.3) is 5.91 Å². The Morgan fingerprint density at radius 1 is 1.12 bits per heavy atom. The first kappa shape index (κ1) is 17.8. The van der Waals surface area contributed by atoms with Crippen LogP contribution in [0.5, 0.6) is 0 Å². The molecule has 0 radical (unpaired) electrons. The lowest BCUT2D eigenvalue weighted by Crippen LogP contribution is -2.50. The fourth-order valence-electron chi connectivity index (χ4n) is 3.50. The van der Waals surface area contributed by atoms with Gasteiger partial charge in [0.15, 0.2) is 6.61 Å². The quantitative estimate of drug-likeness (QED) is 0.817. The van der Waals surface area contributed by atoms with Crippen LogP contribution in [0.3, 0.4) is 0 Å². The Morgan fingerprint density at radius 3 is 2.32 bits per heavy atom. The van der Waals surface area contributed by atoms with Gasteiger partial charge in [-0.15, -0.1) is 0 Å². The Hall–Kier alpha value is -2.06. The molecular formula is C19H21ClN2O3. The summed E-state index contributed by atoms with van der Waals surface area (Å²) in [5.41, 5.74) is -0.597. The summed E-state index contributed by atoms with van der Waals surface area (Å²) in [7, 11) is 0. The third-order valence-electron chi connectivity index (χ3n) is 5.17. The standard InChI is InChI=1S/C19H21ClN2O3/c20-15-6-4-14(5-7-15)19(10-11-19)17(24)25-12-16(23)22-18(13-21)8-2-1-3-9-18/h4-7H,1-3,8-12H2,(H,22,23). The molecule has 1 aromatic rings. The SMILES string of the molecule is N#CC1(NC(=O)COC(=O)C2(c3ccc(Cl)cc3)CC2)CCCCC1. The molecule has 132 valence electrons. The minimum absolute atomic E-state index is 0.350. The second-order valence-corrected chi connectivity index (χ2v) is 7.40. The molecule has 0 unspecified atom stereocenters. The lowest BCUT2D eigenvalue weighted by Gasteiger charge is -2.31. The van der Waals surface area contributed by atoms with Crippen LogP contribution in [0, 0.1) is 11.3 Å². The minimum atomic E-state index is -0.810. The highest BCUT2D eigenvalue weighted by molar-refractivity contribution is 6.30. The van der Waals surface area contributed by atoms with E-state index in [0.717, 1.165) is 24.8 Å². The van der Waals surface area contributed by atoms with E-state index in [1.807, 2.05) is 12.1 Å². The zero-order valence-electron chi connectivity index (χ0n) is 14.0. The van der Waals surface area contributed by atoms with Gasteiger partial charge in [-0.1, -0.05) is 43.0 Å². The van der Waals surface area contributed by atoms with Crippen LogP contribution in [-0.2, 0) is 19.7 Å². The molecule has 25 heavy (non-hydrogen) atoms. The van der Waals surface area contributed by atoms with Crippen molar-refractivity contribution in [3.05, 3.63) is 34.9 Å². The van der Waals surface area contributed by atoms with Crippen molar-refractivity contribution in [2.24, 2.45) is 0 Å². The number of hydrogen-bond acceptors (Lipinski definition) is 4. The topological polar surface area (TPSA) is 79.2 Å². The summed E-state index contributed by atoms with van der Waals surface area (Å²) in [5, 5.41) is 12.8. The van der Waals surface area contributed by atoms with Gasteiger partial charge in [0.2, 0.25) is 0 Å². The van der Waals surface area contributed by atoms with Crippen LogP contribution in [0.15, 0.2) is 24.3 Å². The molecule has 5 nitrogen and oxygen atoms in total. The molecule has 3 rings (SSSR count). The Kier molecular flexibility index (Phi) is 5.01. The van der Waals surface area contributed by atoms with Crippen molar-refractivity contribution in [1.29, 1.82) is 5.26 Å². The molecule has 0 heterocycles. The van der Waals surface area contributed by atoms with E-state index in [9.17, 15) is 14.9 Å². The lowest BCUT2D eigenvalue weighted by molar-refractivity contribution is -0.151. The van der Waals surface area contributed by atoms with E-state index in [-0.39, 0.29) is 12.6 Å². The maximum absolute atomic E-state index is 12.5. The van der Waals surface area contributed by atoms with Crippen molar-refractivity contribution in [2.45, 2.75) is 55.9 Å². The summed E-state index contributed by atoms with van der Waals surface area (Å²) < 4.78 is 5.25. The maximum atomic E-state index is 12.5. The first-order valence-corrected chi connectivity index (χ1v) is 9.03. The highest BCUT2D eigenvalue weighted by Gasteiger charge is 2.53. The van der Waals surface area contributed by atoms with E-state index in [1.54, 1.807) is 12.1 Å². The van der Waals surface area contributed by atoms with Crippen LogP contribution in [0.25, 0.3) is 0 Å². The molecule has 1 aromatic carbocycles. The summed E-state index contributed by atoms with van der Waals surface area (Å²) in [6, 6.07) is 9.36. The van der Waals surface area contributed by atoms with E-state index in [2.05, 4.69) is 11.4 Å². The summed E-state index contributed by atoms with van der Waals surface area (Å²) in [6.07, 6.45) is 5.64. The van der Waals surface area contributed by atoms with Gasteiger partial charge in [-0.2, -0.15) is 5.26 Å². The van der Waals surface area contributed by atoms with Crippen LogP contribution >= 0.6 is 11.6 Å². The number of carbonyl (C=O) groups excluding carboxylic acids is 2. The van der Waals surface area contributed by atoms with Gasteiger partial charge in [0.1, 0.15) is 5.54 Å². The van der Waals surface area contributed by atoms with Gasteiger partial charge in [0.05, 0.1) is 11.5 Å². The van der Waals surface area contributed by atoms with E-state index in [0.29, 0.717) is 30.7 Å². The molecule has 0 spiro atoms. The molecule has 2 aliphatic carbocycles. The molecule has 0 aliphatic heterocycles. The predicted octanol–water partition coefficient (Wildman–Crippen LogP) is 3.26. The summed E-state index contributed by atoms with van der Waals surface area (Å²) >= 11 is 5.89. The molecule has 6 heteroatoms. The number of ether oxygens (including phenoxy) is 1. The Morgan fingerprint density at radius 2 is 1.76 bits per heavy atom. The number of hydrogen-bond donors (Lipinski definition) is 1. The van der Waals surface area contributed by atoms with E-state index in [4.69, 9.17) is 16.3 Å². The van der Waals surface area contributed by atoms with Crippen molar-refractivity contribution >= 4 is 23.5 Å². The number of amides is 1. The first-order chi connectivity index (χ1) is 12.0. The number of nitriles is 1. The van der Waals surface area contributed by atoms with Gasteiger partial charge >= 0.3 is 5.97 Å². The zero-order chi connectivity index (χ0) is 17.9. The van der Waals surface area contributed by atoms with Crippen LogP contribution < -0.4 is 5.32 Å². The maximum Gasteiger partial charge on any atom is 0.317 e. The number of halogens is 1. The fourth-order valence-corrected chi connectivity index (χ4v) is 3.62. The van der Waals surface area contributed by atoms with E-state index >= 15 is 0 Å². The van der Waals surface area contributed by atoms with Gasteiger partial charge in [-0.3, -0.25) is 9.59 Å². The van der Waals surface area contributed by atoms with E-state index < -0.39 is 16.9 Å². The van der Waals surface area contributed by atoms with Crippen molar-refractivity contribution in [3.63, 3.8) is 0 Å². The van der Waals surface area contributed by atoms with Crippen molar-refractivity contribution in [1.82, 2.24) is 5.32 Å². The van der Waals surface area contributed by atoms with Crippen LogP contribution in [0.1, 0.15) is 50.5 Å². The minimum Gasteiger partial charge on any atom is -0.455 e. The van der Waals surface area contributed by atoms with Gasteiger partial charge in [0, 0.05) is 5.02 Å². The van der Waals surface area contributed by atoms with Crippen LogP contribution in [0.4, 0.5) is 0 Å². The molecule has 0 bridgehead atoms. The van der Waals surface area contributed by atoms with E-state index in [1.165, 1.54) is 0 Å². The third-order valence-corrected chi connectivity index (χ3v) is 5.42. The zero-order valence-corrected chi connectivity index (χ0v) is 14.8. The van der Waals surface area contributed by atoms with Crippen LogP contribution in [0.2, 0.25) is 5.02 Å². The third kappa shape index (κ3) is 3.80. The summed E-state index contributed by atoms with van der Waals surface area (Å²) in [5.74, 6) is -0.802. The second kappa shape index (κ2) is 7.05. The number of carbonyl (C=O) groups is 2. The molecule has 1 N–H and O–H groups in total. The predicted molar refractivity (Wildman–Crippen MR) is 92.9 cm³/mol. The molecule has 0 aromatic heterocycles. The Bertz CT molecular complexity index is 698. The second-order valence-electron chi connectivity index (χ2n) is 6.97. The number of benzene rings is 1. The van der Waals surface area contributed by atoms with Crippen molar-refractivity contribution in [2.75, 3.05) is 6.61 Å². The van der Waals surface area contributed by atoms with Crippen molar-refractivity contribution in [3.8, 4) is 6.07 Å². The molecule has 0 atom stereocenters. The average molecular weight is 361 g/mol. The highest BCUT2D eigenvalue weighted by atomic mass is 35.5. The smallest absolute Gasteiger partial charge is 0.317 e. The summed E-state index contributed by atoms with van der Waals surface area (Å²) in [4.78, 5) is 24.6. The largest absolute Gasteiger partial charge is 0.455 e. The van der Waals surface area contributed by atoms with Gasteiger partial charge < -0.3 is 10.1 Å². The molecular weight excluding hydrogens is 340 g/mol. The number of rotatable bonds is 5. The highest BCUT2D eigenvalue weighted by Crippen LogP contribution is 2.49. The average Bonchev–Trinajstić information content (AvgIpc) is 3.43. The fraction of sp³-hybridized carbons (Fsp3) is 0.526. The molecule has 2 fully saturated rings. The monoisotopic (exact) mass is 360 g/mol. The number of nitrogens with one attached hydrogen (secondary N) is 1. The van der Waals surface area contributed by atoms with Crippen LogP contribution in [-0.4, -0.2) is 24.0 Å². The lowest BCUT2D eigenvalue weighted by atomic mass is 9.83. The van der Waals surface area contributed by atoms with Gasteiger partial charge in [-0.05, 0) is 43.4 Å². The molecule has 0 saturated heterocycles.